The second kappa shape index (κ2) is 8.92. The molecular weight excluding hydrogens is 260 g/mol. The van der Waals surface area contributed by atoms with E-state index in [-0.39, 0.29) is 17.8 Å². The van der Waals surface area contributed by atoms with Crippen molar-refractivity contribution >= 4 is 11.9 Å². The first-order valence-corrected chi connectivity index (χ1v) is 7.30. The van der Waals surface area contributed by atoms with Crippen LogP contribution in [0.1, 0.15) is 32.6 Å². The van der Waals surface area contributed by atoms with E-state index in [1.807, 2.05) is 0 Å². The highest BCUT2D eigenvalue weighted by atomic mass is 16.5. The van der Waals surface area contributed by atoms with Gasteiger partial charge in [-0.15, -0.1) is 0 Å². The molecule has 0 bridgehead atoms. The van der Waals surface area contributed by atoms with Gasteiger partial charge in [-0.05, 0) is 32.6 Å². The highest BCUT2D eigenvalue weighted by Crippen LogP contribution is 2.19. The summed E-state index contributed by atoms with van der Waals surface area (Å²) < 4.78 is 9.98. The van der Waals surface area contributed by atoms with Gasteiger partial charge in [-0.3, -0.25) is 9.59 Å². The Bertz CT molecular complexity index is 322. The van der Waals surface area contributed by atoms with Gasteiger partial charge in [0.15, 0.2) is 0 Å². The fourth-order valence-corrected chi connectivity index (χ4v) is 2.44. The standard InChI is InChI=1S/C14H26N2O4/c1-3-20-14(18)11-6-4-8-16(10-11)13(17)12(15)7-5-9-19-2/h11-12H,3-10,15H2,1-2H3. The summed E-state index contributed by atoms with van der Waals surface area (Å²) in [4.78, 5) is 25.7. The van der Waals surface area contributed by atoms with Crippen LogP contribution < -0.4 is 5.73 Å². The smallest absolute Gasteiger partial charge is 0.310 e. The molecule has 1 aliphatic rings. The molecule has 6 nitrogen and oxygen atoms in total. The Hall–Kier alpha value is -1.14. The Morgan fingerprint density at radius 2 is 2.20 bits per heavy atom. The fraction of sp³-hybridized carbons (Fsp3) is 0.857. The molecule has 2 N–H and O–H groups in total. The van der Waals surface area contributed by atoms with Crippen LogP contribution in [0.3, 0.4) is 0 Å². The Morgan fingerprint density at radius 3 is 2.85 bits per heavy atom. The van der Waals surface area contributed by atoms with Gasteiger partial charge in [-0.25, -0.2) is 0 Å². The lowest BCUT2D eigenvalue weighted by atomic mass is 9.97. The first-order valence-electron chi connectivity index (χ1n) is 7.30. The van der Waals surface area contributed by atoms with Crippen molar-refractivity contribution in [2.24, 2.45) is 11.7 Å². The lowest BCUT2D eigenvalue weighted by Crippen LogP contribution is -2.49. The molecule has 0 spiro atoms. The summed E-state index contributed by atoms with van der Waals surface area (Å²) in [5.74, 6) is -0.494. The zero-order valence-electron chi connectivity index (χ0n) is 12.5. The number of carbonyl (C=O) groups is 2. The SMILES string of the molecule is CCOC(=O)C1CCCN(C(=O)C(N)CCCOC)C1. The molecule has 0 radical (unpaired) electrons. The minimum absolute atomic E-state index is 0.0740. The number of methoxy groups -OCH3 is 1. The average molecular weight is 286 g/mol. The summed E-state index contributed by atoms with van der Waals surface area (Å²) in [5.41, 5.74) is 5.91. The van der Waals surface area contributed by atoms with Gasteiger partial charge in [-0.2, -0.15) is 0 Å². The number of hydrogen-bond donors (Lipinski definition) is 1. The quantitative estimate of drug-likeness (QED) is 0.546. The molecule has 2 unspecified atom stereocenters. The molecule has 1 rings (SSSR count). The predicted octanol–water partition coefficient (Wildman–Crippen LogP) is 0.542. The molecule has 116 valence electrons. The van der Waals surface area contributed by atoms with Gasteiger partial charge < -0.3 is 20.1 Å². The van der Waals surface area contributed by atoms with Crippen LogP contribution in [0.5, 0.6) is 0 Å². The summed E-state index contributed by atoms with van der Waals surface area (Å²) in [6, 6.07) is -0.508. The van der Waals surface area contributed by atoms with Crippen molar-refractivity contribution in [3.8, 4) is 0 Å². The number of hydrogen-bond acceptors (Lipinski definition) is 5. The molecule has 0 aliphatic carbocycles. The van der Waals surface area contributed by atoms with E-state index in [0.29, 0.717) is 32.7 Å². The monoisotopic (exact) mass is 286 g/mol. The molecule has 6 heteroatoms. The van der Waals surface area contributed by atoms with Crippen LogP contribution in [0, 0.1) is 5.92 Å². The molecule has 1 amide bonds. The van der Waals surface area contributed by atoms with Crippen LogP contribution in [-0.2, 0) is 19.1 Å². The maximum atomic E-state index is 12.2. The first kappa shape index (κ1) is 16.9. The van der Waals surface area contributed by atoms with Crippen LogP contribution in [0.4, 0.5) is 0 Å². The third-order valence-corrected chi connectivity index (χ3v) is 3.53. The van der Waals surface area contributed by atoms with Crippen molar-refractivity contribution in [3.63, 3.8) is 0 Å². The zero-order valence-corrected chi connectivity index (χ0v) is 12.5. The van der Waals surface area contributed by atoms with Crippen molar-refractivity contribution in [1.29, 1.82) is 0 Å². The molecule has 0 aromatic carbocycles. The largest absolute Gasteiger partial charge is 0.466 e. The number of nitrogens with zero attached hydrogens (tertiary/aromatic N) is 1. The minimum Gasteiger partial charge on any atom is -0.466 e. The van der Waals surface area contributed by atoms with Crippen molar-refractivity contribution in [1.82, 2.24) is 4.90 Å². The van der Waals surface area contributed by atoms with E-state index in [1.54, 1.807) is 18.9 Å². The third-order valence-electron chi connectivity index (χ3n) is 3.53. The summed E-state index contributed by atoms with van der Waals surface area (Å²) in [6.45, 7) is 3.87. The molecule has 20 heavy (non-hydrogen) atoms. The summed E-state index contributed by atoms with van der Waals surface area (Å²) in [6.07, 6.45) is 2.97. The Balaban J connectivity index is 2.45. The number of esters is 1. The number of nitrogens with two attached hydrogens (primary N) is 1. The van der Waals surface area contributed by atoms with E-state index in [9.17, 15) is 9.59 Å². The molecule has 1 heterocycles. The van der Waals surface area contributed by atoms with Crippen LogP contribution in [0.25, 0.3) is 0 Å². The van der Waals surface area contributed by atoms with Gasteiger partial charge in [0, 0.05) is 26.8 Å². The van der Waals surface area contributed by atoms with E-state index < -0.39 is 6.04 Å². The number of carbonyl (C=O) groups excluding carboxylic acids is 2. The lowest BCUT2D eigenvalue weighted by molar-refractivity contribution is -0.151. The Labute approximate surface area is 120 Å². The Kier molecular flexibility index (Phi) is 7.54. The van der Waals surface area contributed by atoms with Crippen LogP contribution in [0.2, 0.25) is 0 Å². The molecule has 1 aliphatic heterocycles. The Morgan fingerprint density at radius 1 is 1.45 bits per heavy atom. The predicted molar refractivity (Wildman–Crippen MR) is 75.0 cm³/mol. The molecule has 0 aromatic heterocycles. The third kappa shape index (κ3) is 5.09. The maximum Gasteiger partial charge on any atom is 0.310 e. The van der Waals surface area contributed by atoms with Crippen molar-refractivity contribution in [3.05, 3.63) is 0 Å². The number of likely N-dealkylation sites (tertiary alicyclic amines) is 1. The minimum atomic E-state index is -0.508. The second-order valence-corrected chi connectivity index (χ2v) is 5.12. The molecule has 0 saturated carbocycles. The molecule has 2 atom stereocenters. The number of amides is 1. The summed E-state index contributed by atoms with van der Waals surface area (Å²) >= 11 is 0. The fourth-order valence-electron chi connectivity index (χ4n) is 2.44. The van der Waals surface area contributed by atoms with Crippen LogP contribution >= 0.6 is 0 Å². The van der Waals surface area contributed by atoms with Gasteiger partial charge in [0.25, 0.3) is 0 Å². The van der Waals surface area contributed by atoms with Gasteiger partial charge in [0.1, 0.15) is 0 Å². The summed E-state index contributed by atoms with van der Waals surface area (Å²) in [7, 11) is 1.63. The molecule has 0 aromatic rings. The highest BCUT2D eigenvalue weighted by molar-refractivity contribution is 5.82. The summed E-state index contributed by atoms with van der Waals surface area (Å²) in [5, 5.41) is 0. The first-order chi connectivity index (χ1) is 9.60. The van der Waals surface area contributed by atoms with E-state index >= 15 is 0 Å². The van der Waals surface area contributed by atoms with Gasteiger partial charge in [0.05, 0.1) is 18.6 Å². The molecular formula is C14H26N2O4. The van der Waals surface area contributed by atoms with Gasteiger partial charge in [0.2, 0.25) is 5.91 Å². The number of ether oxygens (including phenoxy) is 2. The number of piperidine rings is 1. The van der Waals surface area contributed by atoms with Gasteiger partial charge >= 0.3 is 5.97 Å². The van der Waals surface area contributed by atoms with Gasteiger partial charge in [-0.1, -0.05) is 0 Å². The topological polar surface area (TPSA) is 81.9 Å². The molecule has 1 saturated heterocycles. The van der Waals surface area contributed by atoms with Crippen molar-refractivity contribution in [2.45, 2.75) is 38.6 Å². The van der Waals surface area contributed by atoms with E-state index in [0.717, 1.165) is 19.3 Å². The highest BCUT2D eigenvalue weighted by Gasteiger charge is 2.31. The van der Waals surface area contributed by atoms with E-state index in [4.69, 9.17) is 15.2 Å². The second-order valence-electron chi connectivity index (χ2n) is 5.12. The van der Waals surface area contributed by atoms with E-state index in [1.165, 1.54) is 0 Å². The maximum absolute atomic E-state index is 12.2. The van der Waals surface area contributed by atoms with E-state index in [2.05, 4.69) is 0 Å². The van der Waals surface area contributed by atoms with Crippen molar-refractivity contribution in [2.75, 3.05) is 33.4 Å². The van der Waals surface area contributed by atoms with Crippen molar-refractivity contribution < 1.29 is 19.1 Å². The molecule has 1 fully saturated rings. The zero-order chi connectivity index (χ0) is 15.0. The lowest BCUT2D eigenvalue weighted by Gasteiger charge is -2.33. The van der Waals surface area contributed by atoms with Crippen LogP contribution in [-0.4, -0.2) is 56.2 Å². The number of rotatable bonds is 7. The normalized spacial score (nSPS) is 20.6. The average Bonchev–Trinajstić information content (AvgIpc) is 2.47. The van der Waals surface area contributed by atoms with Crippen LogP contribution in [0.15, 0.2) is 0 Å².